The Morgan fingerprint density at radius 2 is 1.96 bits per heavy atom. The second kappa shape index (κ2) is 8.32. The van der Waals surface area contributed by atoms with Gasteiger partial charge in [-0.15, -0.1) is 0 Å². The van der Waals surface area contributed by atoms with E-state index in [1.807, 2.05) is 24.3 Å². The number of nitrogens with zero attached hydrogens (tertiary/aromatic N) is 6. The minimum Gasteiger partial charge on any atom is -0.359 e. The highest BCUT2D eigenvalue weighted by atomic mass is 16.5. The van der Waals surface area contributed by atoms with Crippen LogP contribution in [0.5, 0.6) is 0 Å². The maximum Gasteiger partial charge on any atom is 0.273 e. The van der Waals surface area contributed by atoms with E-state index in [0.717, 1.165) is 37.4 Å². The molecule has 9 nitrogen and oxygen atoms in total. The molecule has 2 aromatic heterocycles. The van der Waals surface area contributed by atoms with Gasteiger partial charge in [-0.2, -0.15) is 5.10 Å². The fraction of sp³-hybridized carbons (Fsp3) is 0.368. The average molecular weight is 381 g/mol. The van der Waals surface area contributed by atoms with E-state index >= 15 is 0 Å². The summed E-state index contributed by atoms with van der Waals surface area (Å²) in [5.41, 5.74) is 2.21. The second-order valence-corrected chi connectivity index (χ2v) is 6.95. The van der Waals surface area contributed by atoms with Crippen molar-refractivity contribution in [1.82, 2.24) is 35.0 Å². The van der Waals surface area contributed by atoms with Gasteiger partial charge in [0.1, 0.15) is 12.7 Å². The first-order valence-electron chi connectivity index (χ1n) is 9.26. The molecular weight excluding hydrogens is 358 g/mol. The highest BCUT2D eigenvalue weighted by Crippen LogP contribution is 2.11. The number of carbonyl (C=O) groups excluding carboxylic acids is 1. The lowest BCUT2D eigenvalue weighted by molar-refractivity contribution is 0.0941. The molecule has 146 valence electrons. The van der Waals surface area contributed by atoms with E-state index in [0.29, 0.717) is 24.5 Å². The fourth-order valence-electron chi connectivity index (χ4n) is 3.10. The van der Waals surface area contributed by atoms with E-state index in [2.05, 4.69) is 37.4 Å². The number of benzene rings is 1. The van der Waals surface area contributed by atoms with Gasteiger partial charge in [0.05, 0.1) is 12.2 Å². The van der Waals surface area contributed by atoms with Gasteiger partial charge in [0.15, 0.2) is 11.5 Å². The number of hydrogen-bond acceptors (Lipinski definition) is 7. The van der Waals surface area contributed by atoms with Gasteiger partial charge in [0.2, 0.25) is 0 Å². The lowest BCUT2D eigenvalue weighted by Crippen LogP contribution is -2.43. The van der Waals surface area contributed by atoms with Crippen LogP contribution in [-0.2, 0) is 13.1 Å². The molecule has 4 rings (SSSR count). The molecule has 1 aliphatic rings. The van der Waals surface area contributed by atoms with E-state index in [-0.39, 0.29) is 5.91 Å². The van der Waals surface area contributed by atoms with E-state index in [1.165, 1.54) is 6.33 Å². The molecule has 0 saturated carbocycles. The Balaban J connectivity index is 1.29. The van der Waals surface area contributed by atoms with Crippen LogP contribution < -0.4 is 5.32 Å². The second-order valence-electron chi connectivity index (χ2n) is 6.95. The third kappa shape index (κ3) is 4.44. The molecular formula is C19H23N7O2. The van der Waals surface area contributed by atoms with E-state index in [1.54, 1.807) is 17.1 Å². The van der Waals surface area contributed by atoms with Gasteiger partial charge in [0.25, 0.3) is 5.91 Å². The zero-order chi connectivity index (χ0) is 19.3. The molecule has 0 bridgehead atoms. The van der Waals surface area contributed by atoms with Gasteiger partial charge in [-0.3, -0.25) is 9.69 Å². The van der Waals surface area contributed by atoms with Crippen molar-refractivity contribution in [2.24, 2.45) is 0 Å². The molecule has 0 spiro atoms. The lowest BCUT2D eigenvalue weighted by atomic mass is 10.2. The van der Waals surface area contributed by atoms with Gasteiger partial charge in [-0.25, -0.2) is 9.67 Å². The van der Waals surface area contributed by atoms with E-state index in [9.17, 15) is 4.79 Å². The van der Waals surface area contributed by atoms with Crippen molar-refractivity contribution in [3.63, 3.8) is 0 Å². The summed E-state index contributed by atoms with van der Waals surface area (Å²) >= 11 is 0. The third-order valence-electron chi connectivity index (χ3n) is 4.84. The molecule has 3 heterocycles. The Kier molecular flexibility index (Phi) is 5.45. The van der Waals surface area contributed by atoms with Crippen molar-refractivity contribution in [3.05, 3.63) is 60.0 Å². The Labute approximate surface area is 162 Å². The van der Waals surface area contributed by atoms with Crippen LogP contribution in [0.3, 0.4) is 0 Å². The first-order valence-corrected chi connectivity index (χ1v) is 9.26. The first kappa shape index (κ1) is 18.3. The molecule has 1 fully saturated rings. The van der Waals surface area contributed by atoms with Crippen LogP contribution in [-0.4, -0.2) is 68.9 Å². The fourth-order valence-corrected chi connectivity index (χ4v) is 3.10. The van der Waals surface area contributed by atoms with Crippen molar-refractivity contribution in [2.45, 2.75) is 13.1 Å². The quantitative estimate of drug-likeness (QED) is 0.679. The molecule has 0 radical (unpaired) electrons. The summed E-state index contributed by atoms with van der Waals surface area (Å²) in [6.45, 7) is 5.15. The molecule has 1 aromatic carbocycles. The summed E-state index contributed by atoms with van der Waals surface area (Å²) in [5, 5.41) is 10.9. The summed E-state index contributed by atoms with van der Waals surface area (Å²) in [5.74, 6) is 0.473. The molecule has 0 aliphatic carbocycles. The van der Waals surface area contributed by atoms with Crippen molar-refractivity contribution in [1.29, 1.82) is 0 Å². The van der Waals surface area contributed by atoms with E-state index in [4.69, 9.17) is 4.52 Å². The number of hydrogen-bond donors (Lipinski definition) is 1. The third-order valence-corrected chi connectivity index (χ3v) is 4.84. The number of carbonyl (C=O) groups is 1. The molecule has 9 heteroatoms. The van der Waals surface area contributed by atoms with Crippen molar-refractivity contribution in [2.75, 3.05) is 33.2 Å². The Hall–Kier alpha value is -3.04. The smallest absolute Gasteiger partial charge is 0.273 e. The number of likely N-dealkylation sites (N-methyl/N-ethyl adjacent to an activating group) is 1. The molecule has 28 heavy (non-hydrogen) atoms. The number of piperazine rings is 1. The summed E-state index contributed by atoms with van der Waals surface area (Å²) < 4.78 is 7.02. The number of rotatable bonds is 6. The zero-order valence-corrected chi connectivity index (χ0v) is 15.8. The van der Waals surface area contributed by atoms with Crippen molar-refractivity contribution in [3.8, 4) is 5.69 Å². The summed E-state index contributed by atoms with van der Waals surface area (Å²) in [6, 6.07) is 9.47. The van der Waals surface area contributed by atoms with Crippen molar-refractivity contribution < 1.29 is 9.32 Å². The van der Waals surface area contributed by atoms with Crippen LogP contribution in [0.4, 0.5) is 0 Å². The Bertz CT molecular complexity index is 897. The number of aromatic nitrogens is 4. The summed E-state index contributed by atoms with van der Waals surface area (Å²) in [6.07, 6.45) is 3.13. The monoisotopic (exact) mass is 381 g/mol. The minimum atomic E-state index is -0.242. The van der Waals surface area contributed by atoms with E-state index < -0.39 is 0 Å². The molecule has 0 atom stereocenters. The molecule has 1 amide bonds. The van der Waals surface area contributed by atoms with Gasteiger partial charge >= 0.3 is 0 Å². The Morgan fingerprint density at radius 3 is 2.68 bits per heavy atom. The predicted molar refractivity (Wildman–Crippen MR) is 102 cm³/mol. The standard InChI is InChI=1S/C19H23N7O2/c1-24-6-8-25(9-7-24)12-17-10-18(23-28-17)19(27)21-11-15-2-4-16(5-3-15)26-14-20-13-22-26/h2-5,10,13-14H,6-9,11-12H2,1H3,(H,21,27). The summed E-state index contributed by atoms with van der Waals surface area (Å²) in [7, 11) is 2.12. The van der Waals surface area contributed by atoms with Crippen LogP contribution in [0.2, 0.25) is 0 Å². The van der Waals surface area contributed by atoms with Crippen LogP contribution >= 0.6 is 0 Å². The van der Waals surface area contributed by atoms with Crippen LogP contribution in [0.25, 0.3) is 5.69 Å². The molecule has 1 aliphatic heterocycles. The van der Waals surface area contributed by atoms with Gasteiger partial charge < -0.3 is 14.7 Å². The highest BCUT2D eigenvalue weighted by Gasteiger charge is 2.18. The largest absolute Gasteiger partial charge is 0.359 e. The van der Waals surface area contributed by atoms with Crippen LogP contribution in [0.15, 0.2) is 47.5 Å². The summed E-state index contributed by atoms with van der Waals surface area (Å²) in [4.78, 5) is 20.9. The van der Waals surface area contributed by atoms with Crippen LogP contribution in [0.1, 0.15) is 21.8 Å². The first-order chi connectivity index (χ1) is 13.7. The molecule has 1 saturated heterocycles. The zero-order valence-electron chi connectivity index (χ0n) is 15.8. The lowest BCUT2D eigenvalue weighted by Gasteiger charge is -2.31. The Morgan fingerprint density at radius 1 is 1.18 bits per heavy atom. The average Bonchev–Trinajstić information content (AvgIpc) is 3.41. The molecule has 0 unspecified atom stereocenters. The normalized spacial score (nSPS) is 15.6. The number of nitrogens with one attached hydrogen (secondary N) is 1. The highest BCUT2D eigenvalue weighted by molar-refractivity contribution is 5.92. The molecule has 3 aromatic rings. The maximum atomic E-state index is 12.3. The number of amides is 1. The van der Waals surface area contributed by atoms with Gasteiger partial charge in [-0.1, -0.05) is 17.3 Å². The minimum absolute atomic E-state index is 0.242. The van der Waals surface area contributed by atoms with Crippen molar-refractivity contribution >= 4 is 5.91 Å². The SMILES string of the molecule is CN1CCN(Cc2cc(C(=O)NCc3ccc(-n4cncn4)cc3)no2)CC1. The van der Waals surface area contributed by atoms with Gasteiger partial charge in [0, 0.05) is 38.8 Å². The van der Waals surface area contributed by atoms with Gasteiger partial charge in [-0.05, 0) is 24.7 Å². The predicted octanol–water partition coefficient (Wildman–Crippen LogP) is 0.933. The molecule has 1 N–H and O–H groups in total. The van der Waals surface area contributed by atoms with Crippen LogP contribution in [0, 0.1) is 0 Å². The maximum absolute atomic E-state index is 12.3. The topological polar surface area (TPSA) is 92.3 Å².